The minimum Gasteiger partial charge on any atom is -0.480 e. The number of amides is 1. The Morgan fingerprint density at radius 3 is 2.05 bits per heavy atom. The van der Waals surface area contributed by atoms with Crippen LogP contribution in [0.2, 0.25) is 5.02 Å². The number of halogens is 1. The SMILES string of the molecule is C=O.C=O.CNC1(C(=O)O)CC1(CCOC(=O)N(C)C)c1ccccc1.Cc1ccc(-c2ccc(Cl)cc2)s1. The summed E-state index contributed by atoms with van der Waals surface area (Å²) in [7, 11) is 4.88. The molecule has 0 saturated heterocycles. The van der Waals surface area contributed by atoms with E-state index in [1.54, 1.807) is 32.5 Å². The highest BCUT2D eigenvalue weighted by atomic mass is 35.5. The number of benzene rings is 2. The van der Waals surface area contributed by atoms with Crippen LogP contribution < -0.4 is 5.32 Å². The van der Waals surface area contributed by atoms with Crippen LogP contribution in [0.5, 0.6) is 0 Å². The number of aryl methyl sites for hydroxylation is 1. The van der Waals surface area contributed by atoms with Gasteiger partial charge in [-0.2, -0.15) is 0 Å². The quantitative estimate of drug-likeness (QED) is 0.385. The minimum absolute atomic E-state index is 0.183. The summed E-state index contributed by atoms with van der Waals surface area (Å²) < 4.78 is 5.18. The minimum atomic E-state index is -1.00. The van der Waals surface area contributed by atoms with Crippen molar-refractivity contribution in [2.75, 3.05) is 27.7 Å². The number of carbonyl (C=O) groups is 4. The number of likely N-dealkylation sites (N-methyl/N-ethyl adjacent to an activating group) is 1. The van der Waals surface area contributed by atoms with Crippen LogP contribution in [0.15, 0.2) is 66.7 Å². The van der Waals surface area contributed by atoms with Crippen LogP contribution >= 0.6 is 22.9 Å². The molecule has 39 heavy (non-hydrogen) atoms. The van der Waals surface area contributed by atoms with Crippen molar-refractivity contribution in [3.8, 4) is 10.4 Å². The molecule has 210 valence electrons. The molecule has 2 atom stereocenters. The summed E-state index contributed by atoms with van der Waals surface area (Å²) in [6.45, 7) is 6.30. The fourth-order valence-corrected chi connectivity index (χ4v) is 5.32. The van der Waals surface area contributed by atoms with Gasteiger partial charge in [0, 0.05) is 34.3 Å². The molecule has 1 heterocycles. The molecule has 0 radical (unpaired) electrons. The second kappa shape index (κ2) is 15.8. The summed E-state index contributed by atoms with van der Waals surface area (Å²) >= 11 is 7.61. The number of carboxylic acids is 1. The van der Waals surface area contributed by atoms with Gasteiger partial charge in [0.25, 0.3) is 0 Å². The van der Waals surface area contributed by atoms with E-state index in [1.165, 1.54) is 20.2 Å². The van der Waals surface area contributed by atoms with Crippen molar-refractivity contribution in [3.05, 3.63) is 82.2 Å². The van der Waals surface area contributed by atoms with E-state index in [9.17, 15) is 14.7 Å². The number of carbonyl (C=O) groups excluding carboxylic acids is 3. The molecule has 1 amide bonds. The van der Waals surface area contributed by atoms with E-state index in [2.05, 4.69) is 24.4 Å². The summed E-state index contributed by atoms with van der Waals surface area (Å²) in [6, 6.07) is 21.8. The van der Waals surface area contributed by atoms with Crippen LogP contribution in [-0.2, 0) is 24.5 Å². The molecule has 2 unspecified atom stereocenters. The Labute approximate surface area is 238 Å². The van der Waals surface area contributed by atoms with Gasteiger partial charge in [0.1, 0.15) is 19.1 Å². The van der Waals surface area contributed by atoms with Crippen LogP contribution in [-0.4, -0.2) is 68.9 Å². The number of carboxylic acid groups (broad SMARTS) is 1. The number of nitrogens with one attached hydrogen (secondary N) is 1. The summed E-state index contributed by atoms with van der Waals surface area (Å²) in [5.74, 6) is -0.877. The van der Waals surface area contributed by atoms with E-state index in [1.807, 2.05) is 68.2 Å². The molecule has 1 aliphatic rings. The molecule has 1 fully saturated rings. The molecule has 1 saturated carbocycles. The third-order valence-electron chi connectivity index (χ3n) is 6.37. The Balaban J connectivity index is 0.000000379. The number of rotatable bonds is 7. The fourth-order valence-electron chi connectivity index (χ4n) is 4.32. The molecule has 0 bridgehead atoms. The summed E-state index contributed by atoms with van der Waals surface area (Å²) in [4.78, 5) is 43.2. The molecule has 1 aromatic heterocycles. The molecule has 10 heteroatoms. The number of nitrogens with zero attached hydrogens (tertiary/aromatic N) is 1. The van der Waals surface area contributed by atoms with Gasteiger partial charge in [0.15, 0.2) is 0 Å². The number of aliphatic carboxylic acids is 1. The molecular formula is C29H35ClN2O6S. The second-order valence-corrected chi connectivity index (χ2v) is 10.5. The number of hydrogen-bond donors (Lipinski definition) is 2. The average Bonchev–Trinajstić information content (AvgIpc) is 3.46. The van der Waals surface area contributed by atoms with E-state index in [0.29, 0.717) is 12.8 Å². The van der Waals surface area contributed by atoms with Gasteiger partial charge >= 0.3 is 12.1 Å². The smallest absolute Gasteiger partial charge is 0.409 e. The maximum atomic E-state index is 11.7. The maximum absolute atomic E-state index is 11.7. The van der Waals surface area contributed by atoms with Crippen molar-refractivity contribution in [1.29, 1.82) is 0 Å². The van der Waals surface area contributed by atoms with Gasteiger partial charge in [-0.15, -0.1) is 11.3 Å². The predicted molar refractivity (Wildman–Crippen MR) is 156 cm³/mol. The van der Waals surface area contributed by atoms with Crippen LogP contribution in [0.25, 0.3) is 10.4 Å². The Morgan fingerprint density at radius 1 is 1.03 bits per heavy atom. The molecule has 2 aromatic carbocycles. The number of thiophene rings is 1. The lowest BCUT2D eigenvalue weighted by molar-refractivity contribution is -0.141. The normalized spacial score (nSPS) is 18.5. The van der Waals surface area contributed by atoms with E-state index in [4.69, 9.17) is 25.9 Å². The number of ether oxygens (including phenoxy) is 1. The highest BCUT2D eigenvalue weighted by Gasteiger charge is 2.72. The van der Waals surface area contributed by atoms with Gasteiger partial charge in [0.2, 0.25) is 0 Å². The molecule has 0 spiro atoms. The van der Waals surface area contributed by atoms with Crippen LogP contribution in [0.4, 0.5) is 4.79 Å². The predicted octanol–water partition coefficient (Wildman–Crippen LogP) is 5.47. The largest absolute Gasteiger partial charge is 0.480 e. The van der Waals surface area contributed by atoms with Crippen molar-refractivity contribution >= 4 is 48.6 Å². The summed E-state index contributed by atoms with van der Waals surface area (Å²) in [5.41, 5.74) is 0.635. The first-order valence-corrected chi connectivity index (χ1v) is 13.1. The fraction of sp³-hybridized carbons (Fsp3) is 0.310. The monoisotopic (exact) mass is 574 g/mol. The van der Waals surface area contributed by atoms with Gasteiger partial charge in [-0.1, -0.05) is 54.1 Å². The second-order valence-electron chi connectivity index (χ2n) is 8.76. The van der Waals surface area contributed by atoms with Crippen LogP contribution in [0, 0.1) is 6.92 Å². The zero-order chi connectivity index (χ0) is 29.6. The van der Waals surface area contributed by atoms with Gasteiger partial charge in [-0.3, -0.25) is 4.79 Å². The van der Waals surface area contributed by atoms with Crippen molar-refractivity contribution in [2.24, 2.45) is 0 Å². The lowest BCUT2D eigenvalue weighted by Crippen LogP contribution is -2.44. The van der Waals surface area contributed by atoms with Gasteiger partial charge in [-0.05, 0) is 62.2 Å². The molecule has 3 aromatic rings. The number of hydrogen-bond acceptors (Lipinski definition) is 7. The maximum Gasteiger partial charge on any atom is 0.409 e. The van der Waals surface area contributed by atoms with Crippen LogP contribution in [0.3, 0.4) is 0 Å². The molecule has 4 rings (SSSR count). The van der Waals surface area contributed by atoms with Crippen molar-refractivity contribution < 1.29 is 29.0 Å². The molecular weight excluding hydrogens is 540 g/mol. The molecule has 8 nitrogen and oxygen atoms in total. The summed E-state index contributed by atoms with van der Waals surface area (Å²) in [6.07, 6.45) is 0.522. The van der Waals surface area contributed by atoms with Crippen molar-refractivity contribution in [3.63, 3.8) is 0 Å². The Bertz CT molecular complexity index is 1190. The highest BCUT2D eigenvalue weighted by Crippen LogP contribution is 2.60. The van der Waals surface area contributed by atoms with E-state index < -0.39 is 23.0 Å². The third-order valence-corrected chi connectivity index (χ3v) is 7.67. The first kappa shape index (κ1) is 33.5. The van der Waals surface area contributed by atoms with Crippen LogP contribution in [0.1, 0.15) is 23.3 Å². The lowest BCUT2D eigenvalue weighted by Gasteiger charge is -2.23. The third kappa shape index (κ3) is 8.23. The van der Waals surface area contributed by atoms with E-state index >= 15 is 0 Å². The first-order chi connectivity index (χ1) is 18.6. The Hall–Kier alpha value is -3.53. The highest BCUT2D eigenvalue weighted by molar-refractivity contribution is 7.15. The molecule has 0 aliphatic heterocycles. The first-order valence-electron chi connectivity index (χ1n) is 11.9. The standard InChI is InChI=1S/C16H22N2O4.C11H9ClS.2CH2O/c1-17-16(13(19)20)11-15(16,12-7-5-4-6-8-12)9-10-22-14(21)18(2)3;1-8-2-7-11(13-8)9-3-5-10(12)6-4-9;2*1-2/h4-8,17H,9-11H2,1-3H3,(H,19,20);2-7H,1H3;2*1H2. The summed E-state index contributed by atoms with van der Waals surface area (Å²) in [5, 5.41) is 13.4. The Morgan fingerprint density at radius 2 is 1.62 bits per heavy atom. The molecule has 1 aliphatic carbocycles. The molecule has 2 N–H and O–H groups in total. The van der Waals surface area contributed by atoms with E-state index in [0.717, 1.165) is 10.6 Å². The lowest BCUT2D eigenvalue weighted by atomic mass is 9.87. The average molecular weight is 575 g/mol. The topological polar surface area (TPSA) is 113 Å². The Kier molecular flexibility index (Phi) is 13.6. The zero-order valence-electron chi connectivity index (χ0n) is 22.6. The van der Waals surface area contributed by atoms with Gasteiger partial charge < -0.3 is 29.6 Å². The van der Waals surface area contributed by atoms with E-state index in [-0.39, 0.29) is 6.61 Å². The zero-order valence-corrected chi connectivity index (χ0v) is 24.2. The van der Waals surface area contributed by atoms with Crippen molar-refractivity contribution in [2.45, 2.75) is 30.7 Å². The van der Waals surface area contributed by atoms with Gasteiger partial charge in [0.05, 0.1) is 6.61 Å². The van der Waals surface area contributed by atoms with Gasteiger partial charge in [-0.25, -0.2) is 4.79 Å². The van der Waals surface area contributed by atoms with Crippen molar-refractivity contribution in [1.82, 2.24) is 10.2 Å².